The normalized spacial score (nSPS) is 27.5. The van der Waals surface area contributed by atoms with Gasteiger partial charge < -0.3 is 102 Å². The van der Waals surface area contributed by atoms with Crippen molar-refractivity contribution in [3.8, 4) is 11.5 Å². The largest absolute Gasteiger partial charge is 0.462 e. The number of carbonyl (C=O) groups excluding carboxylic acids is 2. The number of aliphatic hydroxyl groups is 8. The van der Waals surface area contributed by atoms with Crippen LogP contribution in [0.25, 0.3) is 0 Å². The average Bonchev–Trinajstić information content (AvgIpc) is 3.29. The Labute approximate surface area is 482 Å². The molecule has 22 heteroatoms. The van der Waals surface area contributed by atoms with Crippen LogP contribution < -0.4 is 31.6 Å². The van der Waals surface area contributed by atoms with Crippen LogP contribution >= 0.6 is 0 Å². The molecule has 8 aromatic rings. The van der Waals surface area contributed by atoms with Crippen molar-refractivity contribution in [2.75, 3.05) is 23.8 Å². The Morgan fingerprint density at radius 2 is 0.667 bits per heavy atom. The standard InChI is InChI=1S/C62H68N8O14/c1-29(63)59(79)65-35-11-3-31(4-12-35)49-39-19-20-40(67-39)50(32-5-13-36(14-6-32)66-60(80)30(2)64)42-22-24-44(69-42)52(34-9-17-38(18-10-34)82-62-58(78)56(76)54(74)48(28-72)84-62)46-26-25-45(70-46)51(43-23-21-41(49)68-43)33-7-15-37(16-8-33)81-61-57(77)55(75)53(73)47(27-71)83-61/h3-26,29-30,47-58,61-62,67-78H,27-28,63-64H2,1-2H3,(H,65,79)(H,66,80)/t29?,30?,47-,48-,49?,50?,51?,52?,53+,54+,55-,56-,57-,58-,61+,62+/m0/s1. The number of anilines is 2. The van der Waals surface area contributed by atoms with Gasteiger partial charge in [0, 0.05) is 56.9 Å². The van der Waals surface area contributed by atoms with Gasteiger partial charge in [-0.15, -0.1) is 0 Å². The molecule has 11 rings (SSSR count). The summed E-state index contributed by atoms with van der Waals surface area (Å²) < 4.78 is 23.4. The minimum Gasteiger partial charge on any atom is -0.462 e. The summed E-state index contributed by atoms with van der Waals surface area (Å²) in [6.45, 7) is 2.00. The number of nitrogens with one attached hydrogen (secondary N) is 6. The summed E-state index contributed by atoms with van der Waals surface area (Å²) in [6, 6.07) is 44.3. The van der Waals surface area contributed by atoms with Crippen LogP contribution in [0, 0.1) is 0 Å². The lowest BCUT2D eigenvalue weighted by molar-refractivity contribution is -0.277. The van der Waals surface area contributed by atoms with Crippen molar-refractivity contribution in [1.82, 2.24) is 19.9 Å². The van der Waals surface area contributed by atoms with Crippen LogP contribution in [0.2, 0.25) is 0 Å². The van der Waals surface area contributed by atoms with Crippen molar-refractivity contribution in [1.29, 1.82) is 0 Å². The number of nitrogens with two attached hydrogens (primary N) is 2. The summed E-state index contributed by atoms with van der Waals surface area (Å²) in [5.41, 5.74) is 22.9. The third kappa shape index (κ3) is 11.7. The zero-order chi connectivity index (χ0) is 59.1. The fraction of sp³-hybridized carbons (Fsp3) is 0.323. The van der Waals surface area contributed by atoms with Crippen LogP contribution in [0.5, 0.6) is 11.5 Å². The Balaban J connectivity index is 1.03. The molecule has 3 aliphatic rings. The van der Waals surface area contributed by atoms with Gasteiger partial charge in [-0.25, -0.2) is 0 Å². The molecule has 2 saturated heterocycles. The molecule has 4 aromatic carbocycles. The van der Waals surface area contributed by atoms with Crippen LogP contribution in [0.15, 0.2) is 146 Å². The van der Waals surface area contributed by atoms with E-state index in [9.17, 15) is 50.4 Å². The molecule has 84 heavy (non-hydrogen) atoms. The summed E-state index contributed by atoms with van der Waals surface area (Å²) in [6.07, 6.45) is -14.7. The van der Waals surface area contributed by atoms with Crippen molar-refractivity contribution >= 4 is 23.2 Å². The first-order valence-electron chi connectivity index (χ1n) is 27.7. The zero-order valence-corrected chi connectivity index (χ0v) is 45.7. The molecule has 22 nitrogen and oxygen atoms in total. The van der Waals surface area contributed by atoms with E-state index < -0.39 is 110 Å². The molecule has 0 spiro atoms. The van der Waals surface area contributed by atoms with E-state index in [1.807, 2.05) is 109 Å². The van der Waals surface area contributed by atoms with Gasteiger partial charge in [-0.1, -0.05) is 48.5 Å². The molecular weight excluding hydrogens is 1080 g/mol. The minimum absolute atomic E-state index is 0.280. The number of amides is 2. The molecule has 440 valence electrons. The van der Waals surface area contributed by atoms with Crippen molar-refractivity contribution in [2.24, 2.45) is 11.5 Å². The van der Waals surface area contributed by atoms with Gasteiger partial charge in [0.05, 0.1) is 49.0 Å². The van der Waals surface area contributed by atoms with Gasteiger partial charge >= 0.3 is 0 Å². The first kappa shape index (κ1) is 57.9. The molecule has 3 aliphatic heterocycles. The molecule has 6 unspecified atom stereocenters. The van der Waals surface area contributed by atoms with Crippen molar-refractivity contribution < 1.29 is 69.4 Å². The first-order chi connectivity index (χ1) is 40.5. The Morgan fingerprint density at radius 1 is 0.417 bits per heavy atom. The highest BCUT2D eigenvalue weighted by Gasteiger charge is 2.46. The van der Waals surface area contributed by atoms with Crippen molar-refractivity contribution in [3.05, 3.63) is 213 Å². The monoisotopic (exact) mass is 1150 g/mol. The van der Waals surface area contributed by atoms with Crippen molar-refractivity contribution in [2.45, 2.75) is 111 Å². The molecule has 2 fully saturated rings. The molecule has 18 N–H and O–H groups in total. The third-order valence-corrected chi connectivity index (χ3v) is 15.9. The number of benzene rings is 4. The highest BCUT2D eigenvalue weighted by molar-refractivity contribution is 5.95. The van der Waals surface area contributed by atoms with Gasteiger partial charge in [0.2, 0.25) is 24.4 Å². The molecular formula is C62H68N8O14. The number of rotatable bonds is 14. The second kappa shape index (κ2) is 24.3. The fourth-order valence-corrected chi connectivity index (χ4v) is 11.3. The van der Waals surface area contributed by atoms with E-state index in [0.717, 1.165) is 67.8 Å². The lowest BCUT2D eigenvalue weighted by Crippen LogP contribution is -2.60. The smallest absolute Gasteiger partial charge is 0.240 e. The summed E-state index contributed by atoms with van der Waals surface area (Å²) in [5, 5.41) is 88.8. The summed E-state index contributed by atoms with van der Waals surface area (Å²) in [7, 11) is 0. The van der Waals surface area contributed by atoms with Crippen LogP contribution in [-0.2, 0) is 19.1 Å². The number of aromatic amines is 4. The van der Waals surface area contributed by atoms with Crippen LogP contribution in [0.3, 0.4) is 0 Å². The van der Waals surface area contributed by atoms with Gasteiger partial charge in [0.25, 0.3) is 0 Å². The minimum atomic E-state index is -1.63. The van der Waals surface area contributed by atoms with Crippen molar-refractivity contribution in [3.63, 3.8) is 0 Å². The van der Waals surface area contributed by atoms with Gasteiger partial charge in [-0.05, 0) is 133 Å². The number of hydrogen-bond acceptors (Lipinski definition) is 16. The lowest BCUT2D eigenvalue weighted by Gasteiger charge is -2.39. The lowest BCUT2D eigenvalue weighted by atomic mass is 9.92. The molecule has 0 radical (unpaired) electrons. The maximum atomic E-state index is 12.7. The predicted octanol–water partition coefficient (Wildman–Crippen LogP) is 2.96. The van der Waals surface area contributed by atoms with E-state index in [1.54, 1.807) is 38.1 Å². The summed E-state index contributed by atoms with van der Waals surface area (Å²) in [5.74, 6) is -1.90. The van der Waals surface area contributed by atoms with E-state index >= 15 is 0 Å². The highest BCUT2D eigenvalue weighted by atomic mass is 16.7. The number of hydrogen-bond donors (Lipinski definition) is 16. The van der Waals surface area contributed by atoms with Gasteiger partial charge in [-0.3, -0.25) is 9.59 Å². The molecule has 16 atom stereocenters. The second-order valence-electron chi connectivity index (χ2n) is 21.8. The molecule has 8 bridgehead atoms. The fourth-order valence-electron chi connectivity index (χ4n) is 11.3. The Kier molecular flexibility index (Phi) is 16.8. The first-order valence-corrected chi connectivity index (χ1v) is 27.7. The van der Waals surface area contributed by atoms with Crippen LogP contribution in [0.4, 0.5) is 11.4 Å². The van der Waals surface area contributed by atoms with Crippen LogP contribution in [-0.4, -0.2) is 159 Å². The average molecular weight is 1150 g/mol. The maximum Gasteiger partial charge on any atom is 0.240 e. The SMILES string of the molecule is CC(N)C(=O)Nc1ccc(C2c3ccc([nH]3)C(c3ccc(NC(=O)C(C)N)cc3)c3ccc([nH]3)C(c3ccc(O[C@@H]4O[C@@H](CO)[C@@H](O)[C@H](O)[C@@H]4O)cc3)c3ccc([nH]3)C(c3ccc(O[C@@H]4O[C@@H](CO)[C@@H](O)[C@H](O)[C@@H]4O)cc3)c3ccc2[nH]3)cc1. The number of fused-ring (bicyclic) bond motifs is 8. The molecule has 0 aliphatic carbocycles. The van der Waals surface area contributed by atoms with Gasteiger partial charge in [0.15, 0.2) is 0 Å². The Morgan fingerprint density at radius 3 is 0.905 bits per heavy atom. The summed E-state index contributed by atoms with van der Waals surface area (Å²) in [4.78, 5) is 40.6. The van der Waals surface area contributed by atoms with Gasteiger partial charge in [-0.2, -0.15) is 0 Å². The third-order valence-electron chi connectivity index (χ3n) is 15.9. The molecule has 7 heterocycles. The number of carbonyl (C=O) groups is 2. The number of ether oxygens (including phenoxy) is 4. The van der Waals surface area contributed by atoms with Gasteiger partial charge in [0.1, 0.15) is 60.3 Å². The van der Waals surface area contributed by atoms with E-state index in [0.29, 0.717) is 11.4 Å². The molecule has 2 amide bonds. The topological polar surface area (TPSA) is 372 Å². The molecule has 4 aromatic heterocycles. The number of aliphatic hydroxyl groups excluding tert-OH is 8. The Hall–Kier alpha value is -7.94. The number of aromatic nitrogens is 4. The highest BCUT2D eigenvalue weighted by Crippen LogP contribution is 2.42. The zero-order valence-electron chi connectivity index (χ0n) is 45.7. The van der Waals surface area contributed by atoms with Crippen LogP contribution in [0.1, 0.15) is 105 Å². The van der Waals surface area contributed by atoms with E-state index in [1.165, 1.54) is 0 Å². The van der Waals surface area contributed by atoms with E-state index in [4.69, 9.17) is 30.4 Å². The Bertz CT molecular complexity index is 3300. The summed E-state index contributed by atoms with van der Waals surface area (Å²) >= 11 is 0. The van der Waals surface area contributed by atoms with E-state index in [-0.39, 0.29) is 23.3 Å². The van der Waals surface area contributed by atoms with E-state index in [2.05, 4.69) is 42.7 Å². The predicted molar refractivity (Wildman–Crippen MR) is 306 cm³/mol. The second-order valence-corrected chi connectivity index (χ2v) is 21.8. The quantitative estimate of drug-likeness (QED) is 0.0744. The maximum absolute atomic E-state index is 12.7. The molecule has 0 saturated carbocycles. The number of H-pyrrole nitrogens is 4.